The van der Waals surface area contributed by atoms with E-state index >= 15 is 0 Å². The highest BCUT2D eigenvalue weighted by atomic mass is 16.4. The van der Waals surface area contributed by atoms with E-state index < -0.39 is 5.97 Å². The molecule has 0 aliphatic carbocycles. The van der Waals surface area contributed by atoms with E-state index in [0.717, 1.165) is 25.7 Å². The summed E-state index contributed by atoms with van der Waals surface area (Å²) in [6.07, 6.45) is 46.8. The molecule has 0 aromatic carbocycles. The molecule has 0 spiro atoms. The maximum absolute atomic E-state index is 11.7. The molecule has 0 fully saturated rings. The number of carbonyl (C=O) groups is 1. The van der Waals surface area contributed by atoms with Crippen LogP contribution in [0.3, 0.4) is 0 Å². The number of carboxylic acids is 1. The van der Waals surface area contributed by atoms with E-state index in [9.17, 15) is 9.90 Å². The normalized spacial score (nSPS) is 12.4. The Bertz CT molecular complexity index is 512. The van der Waals surface area contributed by atoms with Gasteiger partial charge in [-0.25, -0.2) is 0 Å². The van der Waals surface area contributed by atoms with Crippen molar-refractivity contribution in [3.63, 3.8) is 0 Å². The van der Waals surface area contributed by atoms with Crippen LogP contribution in [0.4, 0.5) is 0 Å². The first kappa shape index (κ1) is 39.2. The van der Waals surface area contributed by atoms with Crippen molar-refractivity contribution >= 4 is 5.97 Å². The molecule has 238 valence electrons. The molecule has 40 heavy (non-hydrogen) atoms. The van der Waals surface area contributed by atoms with Gasteiger partial charge in [0.25, 0.3) is 0 Å². The summed E-state index contributed by atoms with van der Waals surface area (Å²) in [5.41, 5.74) is 0. The van der Waals surface area contributed by atoms with Crippen molar-refractivity contribution in [2.75, 3.05) is 0 Å². The molecule has 1 atom stereocenters. The molecule has 0 saturated carbocycles. The fraction of sp³-hybridized carbons (Fsp3) is 0.921. The maximum Gasteiger partial charge on any atom is 0.306 e. The van der Waals surface area contributed by atoms with Crippen molar-refractivity contribution in [3.05, 3.63) is 12.2 Å². The maximum atomic E-state index is 11.7. The fourth-order valence-corrected chi connectivity index (χ4v) is 5.97. The molecule has 0 aliphatic rings. The lowest BCUT2D eigenvalue weighted by Gasteiger charge is -2.12. The Hall–Kier alpha value is -0.790. The highest BCUT2D eigenvalue weighted by molar-refractivity contribution is 5.69. The molecule has 0 rings (SSSR count). The van der Waals surface area contributed by atoms with E-state index in [2.05, 4.69) is 26.0 Å². The zero-order valence-electron chi connectivity index (χ0n) is 27.7. The Balaban J connectivity index is 3.41. The molecule has 0 aromatic heterocycles. The van der Waals surface area contributed by atoms with Crippen LogP contribution in [0.25, 0.3) is 0 Å². The third-order valence-electron chi connectivity index (χ3n) is 8.82. The monoisotopic (exact) mass is 563 g/mol. The first-order valence-electron chi connectivity index (χ1n) is 18.6. The van der Waals surface area contributed by atoms with Crippen LogP contribution in [0.1, 0.15) is 219 Å². The number of rotatable bonds is 34. The Morgan fingerprint density at radius 3 is 0.950 bits per heavy atom. The molecule has 2 nitrogen and oxygen atoms in total. The second-order valence-electron chi connectivity index (χ2n) is 12.9. The molecule has 0 saturated heterocycles. The zero-order chi connectivity index (χ0) is 29.2. The van der Waals surface area contributed by atoms with E-state index in [1.165, 1.54) is 180 Å². The molecule has 0 aliphatic heterocycles. The second kappa shape index (κ2) is 34.4. The third kappa shape index (κ3) is 31.7. The van der Waals surface area contributed by atoms with Gasteiger partial charge in [0.2, 0.25) is 0 Å². The second-order valence-corrected chi connectivity index (χ2v) is 12.9. The van der Waals surface area contributed by atoms with Gasteiger partial charge in [0.1, 0.15) is 0 Å². The zero-order valence-corrected chi connectivity index (χ0v) is 27.7. The van der Waals surface area contributed by atoms with Crippen molar-refractivity contribution < 1.29 is 9.90 Å². The van der Waals surface area contributed by atoms with Gasteiger partial charge in [-0.2, -0.15) is 0 Å². The van der Waals surface area contributed by atoms with Crippen molar-refractivity contribution in [2.45, 2.75) is 219 Å². The molecular formula is C38H74O2. The predicted octanol–water partition coefficient (Wildman–Crippen LogP) is 13.8. The average molecular weight is 563 g/mol. The van der Waals surface area contributed by atoms with Gasteiger partial charge >= 0.3 is 5.97 Å². The molecule has 0 radical (unpaired) electrons. The molecule has 0 amide bonds. The first-order chi connectivity index (χ1) is 19.7. The largest absolute Gasteiger partial charge is 0.481 e. The molecular weight excluding hydrogens is 488 g/mol. The lowest BCUT2D eigenvalue weighted by Crippen LogP contribution is -2.13. The summed E-state index contributed by atoms with van der Waals surface area (Å²) in [5, 5.41) is 9.62. The highest BCUT2D eigenvalue weighted by Crippen LogP contribution is 2.20. The van der Waals surface area contributed by atoms with Gasteiger partial charge in [0, 0.05) is 0 Å². The molecule has 0 aromatic rings. The summed E-state index contributed by atoms with van der Waals surface area (Å²) in [5.74, 6) is -0.665. The van der Waals surface area contributed by atoms with Crippen LogP contribution in [-0.2, 0) is 4.79 Å². The van der Waals surface area contributed by atoms with E-state index in [0.29, 0.717) is 0 Å². The number of allylic oxidation sites excluding steroid dienone is 2. The SMILES string of the molecule is CCCCCCCCC=CCCCCCCCCCCC(CCCCCCCCCCCCCCCC)C(=O)O. The summed E-state index contributed by atoms with van der Waals surface area (Å²) in [6, 6.07) is 0. The molecule has 1 N–H and O–H groups in total. The quantitative estimate of drug-likeness (QED) is 0.0625. The summed E-state index contributed by atoms with van der Waals surface area (Å²) < 4.78 is 0. The minimum absolute atomic E-state index is 0.105. The smallest absolute Gasteiger partial charge is 0.306 e. The Kier molecular flexibility index (Phi) is 33.7. The van der Waals surface area contributed by atoms with E-state index in [-0.39, 0.29) is 5.92 Å². The minimum Gasteiger partial charge on any atom is -0.481 e. The van der Waals surface area contributed by atoms with E-state index in [1.54, 1.807) is 0 Å². The van der Waals surface area contributed by atoms with Crippen LogP contribution in [0, 0.1) is 5.92 Å². The topological polar surface area (TPSA) is 37.3 Å². The predicted molar refractivity (Wildman–Crippen MR) is 179 cm³/mol. The van der Waals surface area contributed by atoms with Crippen molar-refractivity contribution in [1.82, 2.24) is 0 Å². The lowest BCUT2D eigenvalue weighted by atomic mass is 9.94. The Morgan fingerprint density at radius 1 is 0.425 bits per heavy atom. The summed E-state index contributed by atoms with van der Waals surface area (Å²) >= 11 is 0. The van der Waals surface area contributed by atoms with Crippen LogP contribution < -0.4 is 0 Å². The van der Waals surface area contributed by atoms with Gasteiger partial charge in [-0.1, -0.05) is 193 Å². The van der Waals surface area contributed by atoms with Gasteiger partial charge in [-0.05, 0) is 38.5 Å². The molecule has 0 heterocycles. The van der Waals surface area contributed by atoms with Gasteiger partial charge < -0.3 is 5.11 Å². The Labute approximate surface area is 253 Å². The molecule has 0 bridgehead atoms. The third-order valence-corrected chi connectivity index (χ3v) is 8.82. The van der Waals surface area contributed by atoms with Crippen LogP contribution in [0.15, 0.2) is 12.2 Å². The number of carboxylic acid groups (broad SMARTS) is 1. The van der Waals surface area contributed by atoms with Crippen molar-refractivity contribution in [2.24, 2.45) is 5.92 Å². The van der Waals surface area contributed by atoms with Crippen molar-refractivity contribution in [1.29, 1.82) is 0 Å². The summed E-state index contributed by atoms with van der Waals surface area (Å²) in [4.78, 5) is 11.7. The molecule has 2 heteroatoms. The van der Waals surface area contributed by atoms with Gasteiger partial charge in [-0.15, -0.1) is 0 Å². The van der Waals surface area contributed by atoms with E-state index in [4.69, 9.17) is 0 Å². The van der Waals surface area contributed by atoms with Crippen LogP contribution >= 0.6 is 0 Å². The number of hydrogen-bond acceptors (Lipinski definition) is 1. The first-order valence-corrected chi connectivity index (χ1v) is 18.6. The number of hydrogen-bond donors (Lipinski definition) is 1. The number of aliphatic carboxylic acids is 1. The van der Waals surface area contributed by atoms with E-state index in [1.807, 2.05) is 0 Å². The lowest BCUT2D eigenvalue weighted by molar-refractivity contribution is -0.142. The Morgan fingerprint density at radius 2 is 0.675 bits per heavy atom. The highest BCUT2D eigenvalue weighted by Gasteiger charge is 2.16. The number of unbranched alkanes of at least 4 members (excludes halogenated alkanes) is 27. The van der Waals surface area contributed by atoms with Crippen LogP contribution in [0.5, 0.6) is 0 Å². The van der Waals surface area contributed by atoms with Crippen molar-refractivity contribution in [3.8, 4) is 0 Å². The summed E-state index contributed by atoms with van der Waals surface area (Å²) in [6.45, 7) is 4.57. The average Bonchev–Trinajstić information content (AvgIpc) is 2.95. The van der Waals surface area contributed by atoms with Gasteiger partial charge in [0.05, 0.1) is 5.92 Å². The minimum atomic E-state index is -0.560. The van der Waals surface area contributed by atoms with Crippen LogP contribution in [-0.4, -0.2) is 11.1 Å². The van der Waals surface area contributed by atoms with Gasteiger partial charge in [0.15, 0.2) is 0 Å². The molecule has 1 unspecified atom stereocenters. The van der Waals surface area contributed by atoms with Gasteiger partial charge in [-0.3, -0.25) is 4.79 Å². The standard InChI is InChI=1S/C38H74O2/c1-3-5-7-9-11-13-15-17-19-20-21-22-24-26-28-30-32-34-36-37(38(39)40)35-33-31-29-27-25-23-18-16-14-12-10-8-6-4-2/h17,19,37H,3-16,18,20-36H2,1-2H3,(H,39,40). The fourth-order valence-electron chi connectivity index (χ4n) is 5.97. The summed E-state index contributed by atoms with van der Waals surface area (Å²) in [7, 11) is 0. The van der Waals surface area contributed by atoms with Crippen LogP contribution in [0.2, 0.25) is 0 Å².